The molecule has 0 saturated carbocycles. The highest BCUT2D eigenvalue weighted by atomic mass is 32.1. The number of carbonyl (C=O) groups excluding carboxylic acids is 3. The Hall–Kier alpha value is -2.38. The molecule has 0 aliphatic rings. The summed E-state index contributed by atoms with van der Waals surface area (Å²) in [5, 5.41) is 33.9. The van der Waals surface area contributed by atoms with E-state index in [2.05, 4.69) is 28.6 Å². The van der Waals surface area contributed by atoms with Crippen LogP contribution < -0.4 is 21.7 Å². The summed E-state index contributed by atoms with van der Waals surface area (Å²) in [6.07, 6.45) is -0.134. The average Bonchev–Trinajstić information content (AvgIpc) is 2.70. The van der Waals surface area contributed by atoms with E-state index >= 15 is 0 Å². The van der Waals surface area contributed by atoms with Gasteiger partial charge in [-0.3, -0.25) is 19.2 Å². The topological polar surface area (TPSA) is 208 Å². The number of hydrogen-bond acceptors (Lipinski definition) is 8. The molecule has 8 N–H and O–H groups in total. The molecule has 12 nitrogen and oxygen atoms in total. The first-order chi connectivity index (χ1) is 14.0. The summed E-state index contributed by atoms with van der Waals surface area (Å²) < 4.78 is 0. The van der Waals surface area contributed by atoms with Crippen molar-refractivity contribution >= 4 is 42.3 Å². The van der Waals surface area contributed by atoms with Crippen molar-refractivity contribution in [2.75, 3.05) is 12.4 Å². The predicted octanol–water partition coefficient (Wildman–Crippen LogP) is -2.31. The van der Waals surface area contributed by atoms with Crippen molar-refractivity contribution in [3.63, 3.8) is 0 Å². The molecule has 172 valence electrons. The van der Waals surface area contributed by atoms with Crippen molar-refractivity contribution < 1.29 is 39.3 Å². The Kier molecular flexibility index (Phi) is 12.7. The van der Waals surface area contributed by atoms with E-state index in [9.17, 15) is 29.1 Å². The van der Waals surface area contributed by atoms with Gasteiger partial charge in [0.2, 0.25) is 17.7 Å². The average molecular weight is 451 g/mol. The standard InChI is InChI=1S/C17H30N4O8S/c1-3-8(2)13(18)16(27)19-9(4-5-12(23)24)14(25)20-10(6-22)15(26)21-11(7-30)17(28)29/h8-11,13,22,30H,3-7,18H2,1-2H3,(H,19,27)(H,20,25)(H,21,26)(H,23,24)(H,28,29). The monoisotopic (exact) mass is 450 g/mol. The van der Waals surface area contributed by atoms with Crippen molar-refractivity contribution in [1.82, 2.24) is 16.0 Å². The highest BCUT2D eigenvalue weighted by Gasteiger charge is 2.30. The number of aliphatic carboxylic acids is 2. The van der Waals surface area contributed by atoms with Gasteiger partial charge >= 0.3 is 11.9 Å². The van der Waals surface area contributed by atoms with Crippen LogP contribution in [-0.4, -0.2) is 81.5 Å². The van der Waals surface area contributed by atoms with E-state index in [1.165, 1.54) is 0 Å². The molecule has 0 aliphatic heterocycles. The Morgan fingerprint density at radius 1 is 0.933 bits per heavy atom. The quantitative estimate of drug-likeness (QED) is 0.133. The molecule has 0 saturated heterocycles. The van der Waals surface area contributed by atoms with Crippen LogP contribution in [0, 0.1) is 5.92 Å². The van der Waals surface area contributed by atoms with Crippen LogP contribution >= 0.6 is 12.6 Å². The molecule has 0 aromatic rings. The number of amides is 3. The molecule has 3 amide bonds. The van der Waals surface area contributed by atoms with Gasteiger partial charge in [-0.2, -0.15) is 12.6 Å². The highest BCUT2D eigenvalue weighted by Crippen LogP contribution is 2.07. The van der Waals surface area contributed by atoms with Gasteiger partial charge in [0, 0.05) is 12.2 Å². The maximum absolute atomic E-state index is 12.5. The zero-order chi connectivity index (χ0) is 23.4. The second-order valence-corrected chi connectivity index (χ2v) is 7.10. The molecule has 0 aromatic carbocycles. The van der Waals surface area contributed by atoms with Crippen LogP contribution in [-0.2, 0) is 24.0 Å². The van der Waals surface area contributed by atoms with Gasteiger partial charge in [-0.25, -0.2) is 4.79 Å². The minimum absolute atomic E-state index is 0.196. The molecule has 13 heteroatoms. The van der Waals surface area contributed by atoms with Crippen molar-refractivity contribution in [2.24, 2.45) is 11.7 Å². The lowest BCUT2D eigenvalue weighted by atomic mass is 9.98. The molecular formula is C17H30N4O8S. The number of aliphatic hydroxyl groups is 1. The number of carbonyl (C=O) groups is 5. The van der Waals surface area contributed by atoms with Crippen LogP contribution in [0.4, 0.5) is 0 Å². The van der Waals surface area contributed by atoms with Crippen LogP contribution in [0.5, 0.6) is 0 Å². The number of nitrogens with one attached hydrogen (secondary N) is 3. The van der Waals surface area contributed by atoms with Crippen LogP contribution in [0.15, 0.2) is 0 Å². The number of aliphatic hydroxyl groups excluding tert-OH is 1. The van der Waals surface area contributed by atoms with Gasteiger partial charge in [0.05, 0.1) is 12.6 Å². The fourth-order valence-electron chi connectivity index (χ4n) is 2.24. The second-order valence-electron chi connectivity index (χ2n) is 6.73. The van der Waals surface area contributed by atoms with Gasteiger partial charge in [-0.15, -0.1) is 0 Å². The van der Waals surface area contributed by atoms with E-state index < -0.39 is 66.9 Å². The highest BCUT2D eigenvalue weighted by molar-refractivity contribution is 7.80. The van der Waals surface area contributed by atoms with E-state index in [0.717, 1.165) is 0 Å². The summed E-state index contributed by atoms with van der Waals surface area (Å²) in [7, 11) is 0. The third kappa shape index (κ3) is 9.41. The first kappa shape index (κ1) is 27.6. The third-order valence-electron chi connectivity index (χ3n) is 4.45. The Labute approximate surface area is 179 Å². The van der Waals surface area contributed by atoms with E-state index in [4.69, 9.17) is 15.9 Å². The number of rotatable bonds is 14. The number of carboxylic acid groups (broad SMARTS) is 2. The van der Waals surface area contributed by atoms with E-state index in [0.29, 0.717) is 6.42 Å². The SMILES string of the molecule is CCC(C)C(N)C(=O)NC(CCC(=O)O)C(=O)NC(CO)C(=O)NC(CS)C(=O)O. The first-order valence-corrected chi connectivity index (χ1v) is 9.94. The molecule has 0 spiro atoms. The van der Waals surface area contributed by atoms with Crippen molar-refractivity contribution in [1.29, 1.82) is 0 Å². The second kappa shape index (κ2) is 13.8. The van der Waals surface area contributed by atoms with E-state index in [-0.39, 0.29) is 18.1 Å². The van der Waals surface area contributed by atoms with Crippen LogP contribution in [0.25, 0.3) is 0 Å². The van der Waals surface area contributed by atoms with Gasteiger partial charge in [-0.1, -0.05) is 20.3 Å². The molecule has 0 aromatic heterocycles. The normalized spacial score (nSPS) is 15.8. The molecule has 0 heterocycles. The van der Waals surface area contributed by atoms with E-state index in [1.807, 2.05) is 6.92 Å². The van der Waals surface area contributed by atoms with Crippen LogP contribution in [0.3, 0.4) is 0 Å². The molecule has 0 radical (unpaired) electrons. The van der Waals surface area contributed by atoms with Gasteiger partial charge < -0.3 is 37.0 Å². The lowest BCUT2D eigenvalue weighted by molar-refractivity contribution is -0.142. The molecule has 0 fully saturated rings. The van der Waals surface area contributed by atoms with Gasteiger partial charge in [-0.05, 0) is 12.3 Å². The van der Waals surface area contributed by atoms with Gasteiger partial charge in [0.1, 0.15) is 18.1 Å². The van der Waals surface area contributed by atoms with Gasteiger partial charge in [0.25, 0.3) is 0 Å². The summed E-state index contributed by atoms with van der Waals surface area (Å²) in [6, 6.07) is -5.13. The molecule has 0 bridgehead atoms. The number of nitrogens with two attached hydrogens (primary N) is 1. The van der Waals surface area contributed by atoms with Gasteiger partial charge in [0.15, 0.2) is 0 Å². The fraction of sp³-hybridized carbons (Fsp3) is 0.706. The molecule has 0 rings (SSSR count). The number of carboxylic acids is 2. The first-order valence-electron chi connectivity index (χ1n) is 9.31. The summed E-state index contributed by atoms with van der Waals surface area (Å²) in [5.41, 5.74) is 5.82. The van der Waals surface area contributed by atoms with E-state index in [1.54, 1.807) is 6.92 Å². The summed E-state index contributed by atoms with van der Waals surface area (Å²) >= 11 is 3.80. The maximum atomic E-state index is 12.5. The lowest BCUT2D eigenvalue weighted by Gasteiger charge is -2.25. The third-order valence-corrected chi connectivity index (χ3v) is 4.82. The fourth-order valence-corrected chi connectivity index (χ4v) is 2.49. The summed E-state index contributed by atoms with van der Waals surface area (Å²) in [6.45, 7) is 2.71. The largest absolute Gasteiger partial charge is 0.481 e. The van der Waals surface area contributed by atoms with Crippen LogP contribution in [0.1, 0.15) is 33.1 Å². The Balaban J connectivity index is 5.27. The zero-order valence-corrected chi connectivity index (χ0v) is 17.7. The molecular weight excluding hydrogens is 420 g/mol. The smallest absolute Gasteiger partial charge is 0.327 e. The molecule has 5 unspecified atom stereocenters. The van der Waals surface area contributed by atoms with Crippen molar-refractivity contribution in [3.05, 3.63) is 0 Å². The Bertz CT molecular complexity index is 633. The minimum atomic E-state index is -1.52. The summed E-state index contributed by atoms with van der Waals surface area (Å²) in [5.74, 6) is -5.55. The maximum Gasteiger partial charge on any atom is 0.327 e. The molecule has 0 aliphatic carbocycles. The number of hydrogen-bond donors (Lipinski definition) is 8. The van der Waals surface area contributed by atoms with Crippen LogP contribution in [0.2, 0.25) is 0 Å². The van der Waals surface area contributed by atoms with Crippen molar-refractivity contribution in [3.8, 4) is 0 Å². The minimum Gasteiger partial charge on any atom is -0.481 e. The van der Waals surface area contributed by atoms with Crippen molar-refractivity contribution in [2.45, 2.75) is 57.3 Å². The zero-order valence-electron chi connectivity index (χ0n) is 16.8. The lowest BCUT2D eigenvalue weighted by Crippen LogP contribution is -2.58. The molecule has 5 atom stereocenters. The Morgan fingerprint density at radius 3 is 1.87 bits per heavy atom. The Morgan fingerprint density at radius 2 is 1.43 bits per heavy atom. The summed E-state index contributed by atoms with van der Waals surface area (Å²) in [4.78, 5) is 58.8. The number of thiol groups is 1. The molecule has 30 heavy (non-hydrogen) atoms. The predicted molar refractivity (Wildman–Crippen MR) is 109 cm³/mol.